The van der Waals surface area contributed by atoms with Gasteiger partial charge in [-0.2, -0.15) is 5.10 Å². The normalized spacial score (nSPS) is 10.6. The molecule has 1 N–H and O–H groups in total. The van der Waals surface area contributed by atoms with Crippen LogP contribution in [0.1, 0.15) is 23.0 Å². The SMILES string of the molecule is CCc1c(C(=O)O)c(-c2cccc(OC)c2)nn1-c1ccc(OC)cc1. The van der Waals surface area contributed by atoms with Crippen LogP contribution in [-0.2, 0) is 6.42 Å². The molecule has 0 saturated carbocycles. The number of carboxylic acid groups (broad SMARTS) is 1. The molecule has 6 nitrogen and oxygen atoms in total. The summed E-state index contributed by atoms with van der Waals surface area (Å²) in [6.45, 7) is 1.92. The molecule has 2 aromatic carbocycles. The zero-order valence-electron chi connectivity index (χ0n) is 14.9. The number of hydrogen-bond donors (Lipinski definition) is 1. The summed E-state index contributed by atoms with van der Waals surface area (Å²) >= 11 is 0. The highest BCUT2D eigenvalue weighted by Gasteiger charge is 2.24. The first-order valence-electron chi connectivity index (χ1n) is 8.23. The molecule has 0 spiro atoms. The fourth-order valence-electron chi connectivity index (χ4n) is 2.91. The maximum absolute atomic E-state index is 12.0. The van der Waals surface area contributed by atoms with E-state index in [9.17, 15) is 9.90 Å². The van der Waals surface area contributed by atoms with E-state index in [2.05, 4.69) is 5.10 Å². The van der Waals surface area contributed by atoms with E-state index in [1.54, 1.807) is 25.0 Å². The van der Waals surface area contributed by atoms with Gasteiger partial charge in [-0.05, 0) is 42.8 Å². The molecule has 26 heavy (non-hydrogen) atoms. The van der Waals surface area contributed by atoms with Crippen LogP contribution in [0.25, 0.3) is 16.9 Å². The Labute approximate surface area is 151 Å². The van der Waals surface area contributed by atoms with Crippen LogP contribution in [0, 0.1) is 0 Å². The van der Waals surface area contributed by atoms with Gasteiger partial charge in [-0.1, -0.05) is 19.1 Å². The number of aromatic carboxylic acids is 1. The van der Waals surface area contributed by atoms with Gasteiger partial charge >= 0.3 is 5.97 Å². The van der Waals surface area contributed by atoms with Crippen molar-refractivity contribution in [1.82, 2.24) is 9.78 Å². The van der Waals surface area contributed by atoms with Gasteiger partial charge in [-0.3, -0.25) is 0 Å². The lowest BCUT2D eigenvalue weighted by molar-refractivity contribution is 0.0696. The second-order valence-corrected chi connectivity index (χ2v) is 5.67. The van der Waals surface area contributed by atoms with Crippen LogP contribution in [0.5, 0.6) is 11.5 Å². The van der Waals surface area contributed by atoms with Gasteiger partial charge in [-0.25, -0.2) is 9.48 Å². The molecule has 0 amide bonds. The average Bonchev–Trinajstić information content (AvgIpc) is 3.08. The number of methoxy groups -OCH3 is 2. The van der Waals surface area contributed by atoms with Crippen LogP contribution in [0.2, 0.25) is 0 Å². The van der Waals surface area contributed by atoms with E-state index in [0.717, 1.165) is 11.4 Å². The number of aromatic nitrogens is 2. The molecule has 0 aliphatic heterocycles. The van der Waals surface area contributed by atoms with Crippen molar-refractivity contribution < 1.29 is 19.4 Å². The molecule has 0 fully saturated rings. The molecule has 134 valence electrons. The Balaban J connectivity index is 2.21. The third-order valence-electron chi connectivity index (χ3n) is 4.19. The lowest BCUT2D eigenvalue weighted by Crippen LogP contribution is -2.05. The molecule has 0 saturated heterocycles. The Morgan fingerprint density at radius 2 is 1.77 bits per heavy atom. The number of ether oxygens (including phenoxy) is 2. The van der Waals surface area contributed by atoms with E-state index in [4.69, 9.17) is 9.47 Å². The number of carboxylic acids is 1. The number of benzene rings is 2. The molecule has 3 rings (SSSR count). The molecule has 0 aliphatic carbocycles. The first-order chi connectivity index (χ1) is 12.6. The monoisotopic (exact) mass is 352 g/mol. The van der Waals surface area contributed by atoms with Gasteiger partial charge in [0.2, 0.25) is 0 Å². The van der Waals surface area contributed by atoms with E-state index in [1.165, 1.54) is 0 Å². The zero-order valence-corrected chi connectivity index (χ0v) is 14.9. The van der Waals surface area contributed by atoms with Crippen LogP contribution in [-0.4, -0.2) is 35.1 Å². The third-order valence-corrected chi connectivity index (χ3v) is 4.19. The Morgan fingerprint density at radius 3 is 2.35 bits per heavy atom. The van der Waals surface area contributed by atoms with Crippen molar-refractivity contribution in [2.24, 2.45) is 0 Å². The summed E-state index contributed by atoms with van der Waals surface area (Å²) in [7, 11) is 3.18. The summed E-state index contributed by atoms with van der Waals surface area (Å²) in [5, 5.41) is 14.4. The highest BCUT2D eigenvalue weighted by molar-refractivity contribution is 5.96. The smallest absolute Gasteiger partial charge is 0.339 e. The lowest BCUT2D eigenvalue weighted by atomic mass is 10.0. The molecule has 0 unspecified atom stereocenters. The van der Waals surface area contributed by atoms with Gasteiger partial charge in [0.1, 0.15) is 22.8 Å². The van der Waals surface area contributed by atoms with Crippen LogP contribution in [0.4, 0.5) is 0 Å². The minimum Gasteiger partial charge on any atom is -0.497 e. The second-order valence-electron chi connectivity index (χ2n) is 5.67. The van der Waals surface area contributed by atoms with Crippen LogP contribution < -0.4 is 9.47 Å². The summed E-state index contributed by atoms with van der Waals surface area (Å²) in [4.78, 5) is 12.0. The predicted molar refractivity (Wildman–Crippen MR) is 98.4 cm³/mol. The molecule has 0 radical (unpaired) electrons. The molecule has 0 bridgehead atoms. The Bertz CT molecular complexity index is 929. The molecule has 0 atom stereocenters. The summed E-state index contributed by atoms with van der Waals surface area (Å²) < 4.78 is 12.1. The fraction of sp³-hybridized carbons (Fsp3) is 0.200. The lowest BCUT2D eigenvalue weighted by Gasteiger charge is -2.07. The topological polar surface area (TPSA) is 73.6 Å². The zero-order chi connectivity index (χ0) is 18.7. The maximum Gasteiger partial charge on any atom is 0.339 e. The van der Waals surface area contributed by atoms with Crippen molar-refractivity contribution in [2.45, 2.75) is 13.3 Å². The first kappa shape index (κ1) is 17.5. The van der Waals surface area contributed by atoms with E-state index in [-0.39, 0.29) is 5.56 Å². The summed E-state index contributed by atoms with van der Waals surface area (Å²) in [5.41, 5.74) is 2.74. The number of nitrogens with zero attached hydrogens (tertiary/aromatic N) is 2. The van der Waals surface area contributed by atoms with Gasteiger partial charge in [0.05, 0.1) is 25.6 Å². The summed E-state index contributed by atoms with van der Waals surface area (Å²) in [5.74, 6) is 0.376. The molecule has 3 aromatic rings. The first-order valence-corrected chi connectivity index (χ1v) is 8.23. The van der Waals surface area contributed by atoms with Crippen LogP contribution in [0.3, 0.4) is 0 Å². The van der Waals surface area contributed by atoms with Crippen molar-refractivity contribution in [3.63, 3.8) is 0 Å². The Kier molecular flexibility index (Phi) is 4.93. The van der Waals surface area contributed by atoms with Gasteiger partial charge in [-0.15, -0.1) is 0 Å². The Hall–Kier alpha value is -3.28. The average molecular weight is 352 g/mol. The fourth-order valence-corrected chi connectivity index (χ4v) is 2.91. The number of carbonyl (C=O) groups is 1. The van der Waals surface area contributed by atoms with E-state index in [1.807, 2.05) is 49.4 Å². The predicted octanol–water partition coefficient (Wildman–Crippen LogP) is 3.82. The third kappa shape index (κ3) is 3.13. The molecular weight excluding hydrogens is 332 g/mol. The second kappa shape index (κ2) is 7.31. The van der Waals surface area contributed by atoms with Gasteiger partial charge in [0, 0.05) is 5.56 Å². The Morgan fingerprint density at radius 1 is 1.08 bits per heavy atom. The number of rotatable bonds is 6. The molecule has 6 heteroatoms. The van der Waals surface area contributed by atoms with E-state index in [0.29, 0.717) is 29.1 Å². The van der Waals surface area contributed by atoms with Crippen molar-refractivity contribution in [2.75, 3.05) is 14.2 Å². The summed E-state index contributed by atoms with van der Waals surface area (Å²) in [6.07, 6.45) is 0.532. The van der Waals surface area contributed by atoms with E-state index < -0.39 is 5.97 Å². The summed E-state index contributed by atoms with van der Waals surface area (Å²) in [6, 6.07) is 14.6. The van der Waals surface area contributed by atoms with Crippen LogP contribution in [0.15, 0.2) is 48.5 Å². The molecule has 0 aliphatic rings. The highest BCUT2D eigenvalue weighted by atomic mass is 16.5. The molecule has 1 aromatic heterocycles. The largest absolute Gasteiger partial charge is 0.497 e. The quantitative estimate of drug-likeness (QED) is 0.730. The molecule has 1 heterocycles. The van der Waals surface area contributed by atoms with Crippen molar-refractivity contribution in [3.8, 4) is 28.4 Å². The minimum absolute atomic E-state index is 0.205. The van der Waals surface area contributed by atoms with Crippen molar-refractivity contribution in [1.29, 1.82) is 0 Å². The van der Waals surface area contributed by atoms with E-state index >= 15 is 0 Å². The van der Waals surface area contributed by atoms with Crippen LogP contribution >= 0.6 is 0 Å². The van der Waals surface area contributed by atoms with Gasteiger partial charge in [0.15, 0.2) is 0 Å². The van der Waals surface area contributed by atoms with Gasteiger partial charge < -0.3 is 14.6 Å². The molecular formula is C20H20N2O4. The maximum atomic E-state index is 12.0. The van der Waals surface area contributed by atoms with Crippen molar-refractivity contribution >= 4 is 5.97 Å². The highest BCUT2D eigenvalue weighted by Crippen LogP contribution is 2.30. The van der Waals surface area contributed by atoms with Crippen molar-refractivity contribution in [3.05, 3.63) is 59.8 Å². The minimum atomic E-state index is -1.00. The number of hydrogen-bond acceptors (Lipinski definition) is 4. The van der Waals surface area contributed by atoms with Gasteiger partial charge in [0.25, 0.3) is 0 Å². The standard InChI is InChI=1S/C20H20N2O4/c1-4-17-18(20(23)24)19(13-6-5-7-16(12-13)26-3)21-22(17)14-8-10-15(25-2)11-9-14/h5-12H,4H2,1-3H3,(H,23,24).